The fourth-order valence-corrected chi connectivity index (χ4v) is 5.58. The van der Waals surface area contributed by atoms with E-state index in [0.717, 1.165) is 51.3 Å². The Balaban J connectivity index is 1.08. The van der Waals surface area contributed by atoms with Gasteiger partial charge in [0.15, 0.2) is 0 Å². The number of urea groups is 1. The monoisotopic (exact) mass is 523 g/mol. The van der Waals surface area contributed by atoms with Crippen LogP contribution in [0.15, 0.2) is 41.3 Å². The number of anilines is 1. The molecule has 1 aromatic heterocycles. The molecule has 1 saturated carbocycles. The highest BCUT2D eigenvalue weighted by Gasteiger charge is 2.52. The van der Waals surface area contributed by atoms with Gasteiger partial charge >= 0.3 is 17.8 Å². The number of hydrogen-bond acceptors (Lipinski definition) is 7. The number of hydrogen-bond donors (Lipinski definition) is 3. The summed E-state index contributed by atoms with van der Waals surface area (Å²) in [5, 5.41) is 8.89. The van der Waals surface area contributed by atoms with Gasteiger partial charge in [-0.1, -0.05) is 12.1 Å². The lowest BCUT2D eigenvalue weighted by molar-refractivity contribution is -0.0830. The Morgan fingerprint density at radius 2 is 1.79 bits per heavy atom. The number of amides is 3. The fourth-order valence-electron chi connectivity index (χ4n) is 5.58. The van der Waals surface area contributed by atoms with Crippen molar-refractivity contribution in [3.8, 4) is 5.69 Å². The molecule has 2 saturated heterocycles. The molecule has 0 bridgehead atoms. The van der Waals surface area contributed by atoms with Gasteiger partial charge in [-0.25, -0.2) is 14.4 Å². The van der Waals surface area contributed by atoms with Gasteiger partial charge in [0.25, 0.3) is 0 Å². The Kier molecular flexibility index (Phi) is 7.15. The van der Waals surface area contributed by atoms with Gasteiger partial charge in [-0.15, -0.1) is 0 Å². The van der Waals surface area contributed by atoms with E-state index in [-0.39, 0.29) is 24.0 Å². The molecule has 2 aromatic rings. The van der Waals surface area contributed by atoms with E-state index in [9.17, 15) is 14.4 Å². The van der Waals surface area contributed by atoms with Crippen LogP contribution in [0.4, 0.5) is 15.4 Å². The number of rotatable bonds is 5. The number of ether oxygens (including phenoxy) is 1. The maximum atomic E-state index is 12.6. The maximum absolute atomic E-state index is 12.6. The first-order valence-electron chi connectivity index (χ1n) is 13.3. The predicted molar refractivity (Wildman–Crippen MR) is 143 cm³/mol. The van der Waals surface area contributed by atoms with Gasteiger partial charge in [-0.05, 0) is 62.8 Å². The number of benzene rings is 1. The van der Waals surface area contributed by atoms with Crippen LogP contribution in [0.1, 0.15) is 39.2 Å². The number of nitrogens with zero attached hydrogens (tertiary/aromatic N) is 4. The molecule has 1 aromatic carbocycles. The number of piperazine rings is 1. The van der Waals surface area contributed by atoms with Crippen LogP contribution in [0.25, 0.3) is 5.69 Å². The van der Waals surface area contributed by atoms with Gasteiger partial charge in [0.05, 0.1) is 5.69 Å². The number of aromatic nitrogens is 2. The summed E-state index contributed by atoms with van der Waals surface area (Å²) in [6.07, 6.45) is 3.28. The number of carbonyl (C=O) groups is 2. The molecule has 11 nitrogen and oxygen atoms in total. The van der Waals surface area contributed by atoms with Crippen LogP contribution in [-0.2, 0) is 11.3 Å². The first kappa shape index (κ1) is 26.2. The Bertz CT molecular complexity index is 1220. The Morgan fingerprint density at radius 1 is 1.11 bits per heavy atom. The van der Waals surface area contributed by atoms with Gasteiger partial charge in [0.2, 0.25) is 0 Å². The van der Waals surface area contributed by atoms with Crippen molar-refractivity contribution < 1.29 is 14.3 Å². The van der Waals surface area contributed by atoms with Crippen molar-refractivity contribution in [2.45, 2.75) is 51.8 Å². The molecule has 3 amide bonds. The second-order valence-corrected chi connectivity index (χ2v) is 11.7. The Labute approximate surface area is 222 Å². The summed E-state index contributed by atoms with van der Waals surface area (Å²) in [6.45, 7) is 11.2. The molecule has 2 aliphatic heterocycles. The average molecular weight is 524 g/mol. The van der Waals surface area contributed by atoms with E-state index in [4.69, 9.17) is 4.74 Å². The van der Waals surface area contributed by atoms with Crippen LogP contribution < -0.4 is 21.6 Å². The molecule has 3 aliphatic rings. The van der Waals surface area contributed by atoms with Gasteiger partial charge in [0, 0.05) is 58.1 Å². The van der Waals surface area contributed by atoms with Crippen molar-refractivity contribution >= 4 is 17.9 Å². The van der Waals surface area contributed by atoms with E-state index in [0.29, 0.717) is 18.5 Å². The predicted octanol–water partition coefficient (Wildman–Crippen LogP) is 2.16. The van der Waals surface area contributed by atoms with E-state index in [1.54, 1.807) is 17.2 Å². The summed E-state index contributed by atoms with van der Waals surface area (Å²) in [7, 11) is 0. The third-order valence-electron chi connectivity index (χ3n) is 7.26. The third kappa shape index (κ3) is 6.16. The SMILES string of the molecule is CC(C)(C)OC(=O)NC1CC2(C1)CN(Cc1ccc(-n3ccc(NC(=O)N4CCNCC4)nc3=O)cc1)C2. The zero-order valence-corrected chi connectivity index (χ0v) is 22.3. The van der Waals surface area contributed by atoms with Crippen molar-refractivity contribution in [1.29, 1.82) is 0 Å². The first-order chi connectivity index (χ1) is 18.1. The van der Waals surface area contributed by atoms with Crippen LogP contribution in [0.5, 0.6) is 0 Å². The molecule has 38 heavy (non-hydrogen) atoms. The lowest BCUT2D eigenvalue weighted by atomic mass is 9.60. The number of carbonyl (C=O) groups excluding carboxylic acids is 2. The van der Waals surface area contributed by atoms with E-state index < -0.39 is 11.3 Å². The van der Waals surface area contributed by atoms with Crippen LogP contribution in [0, 0.1) is 5.41 Å². The zero-order valence-electron chi connectivity index (χ0n) is 22.3. The smallest absolute Gasteiger partial charge is 0.407 e. The molecule has 204 valence electrons. The molecule has 3 fully saturated rings. The molecule has 5 rings (SSSR count). The molecule has 1 spiro atoms. The summed E-state index contributed by atoms with van der Waals surface area (Å²) in [6, 6.07) is 9.47. The lowest BCUT2D eigenvalue weighted by Crippen LogP contribution is -2.66. The molecular formula is C27H37N7O4. The minimum atomic E-state index is -0.482. The molecule has 0 radical (unpaired) electrons. The molecule has 0 unspecified atom stereocenters. The molecule has 3 N–H and O–H groups in total. The molecular weight excluding hydrogens is 486 g/mol. The summed E-state index contributed by atoms with van der Waals surface area (Å²) < 4.78 is 6.82. The second-order valence-electron chi connectivity index (χ2n) is 11.7. The average Bonchev–Trinajstić information content (AvgIpc) is 2.81. The highest BCUT2D eigenvalue weighted by molar-refractivity contribution is 5.88. The van der Waals surface area contributed by atoms with Crippen molar-refractivity contribution in [2.24, 2.45) is 5.41 Å². The molecule has 1 aliphatic carbocycles. The second kappa shape index (κ2) is 10.4. The fraction of sp³-hybridized carbons (Fsp3) is 0.556. The van der Waals surface area contributed by atoms with E-state index in [1.807, 2.05) is 45.0 Å². The van der Waals surface area contributed by atoms with Gasteiger partial charge in [-0.3, -0.25) is 14.8 Å². The Morgan fingerprint density at radius 3 is 2.42 bits per heavy atom. The highest BCUT2D eigenvalue weighted by atomic mass is 16.6. The summed E-state index contributed by atoms with van der Waals surface area (Å²) in [5.74, 6) is 0.248. The van der Waals surface area contributed by atoms with Crippen molar-refractivity contribution in [2.75, 3.05) is 44.6 Å². The summed E-state index contributed by atoms with van der Waals surface area (Å²) in [4.78, 5) is 45.1. The highest BCUT2D eigenvalue weighted by Crippen LogP contribution is 2.48. The number of nitrogens with one attached hydrogen (secondary N) is 3. The molecule has 3 heterocycles. The molecule has 0 atom stereocenters. The topological polar surface area (TPSA) is 121 Å². The van der Waals surface area contributed by atoms with Gasteiger partial charge in [0.1, 0.15) is 11.4 Å². The van der Waals surface area contributed by atoms with Crippen LogP contribution in [0.3, 0.4) is 0 Å². The number of alkyl carbamates (subject to hydrolysis) is 1. The lowest BCUT2D eigenvalue weighted by Gasteiger charge is -2.59. The summed E-state index contributed by atoms with van der Waals surface area (Å²) in [5.41, 5.74) is 1.28. The van der Waals surface area contributed by atoms with E-state index >= 15 is 0 Å². The largest absolute Gasteiger partial charge is 0.444 e. The van der Waals surface area contributed by atoms with E-state index in [2.05, 4.69) is 25.8 Å². The van der Waals surface area contributed by atoms with Crippen molar-refractivity contribution in [1.82, 2.24) is 30.0 Å². The maximum Gasteiger partial charge on any atom is 0.407 e. The first-order valence-corrected chi connectivity index (χ1v) is 13.3. The zero-order chi connectivity index (χ0) is 26.9. The number of likely N-dealkylation sites (tertiary alicyclic amines) is 1. The minimum absolute atomic E-state index is 0.194. The normalized spacial score (nSPS) is 19.4. The quantitative estimate of drug-likeness (QED) is 0.549. The minimum Gasteiger partial charge on any atom is -0.444 e. The Hall–Kier alpha value is -3.44. The standard InChI is InChI=1S/C27H37N7O4/c1-26(2,3)38-25(37)29-20-14-27(15-20)17-32(18-27)16-19-4-6-21(7-5-19)34-11-8-22(31-24(34)36)30-23(35)33-12-9-28-10-13-33/h4-8,11,20,28H,9-10,12-18H2,1-3H3,(H,29,37)(H,30,31,35,36). The van der Waals surface area contributed by atoms with Crippen LogP contribution >= 0.6 is 0 Å². The van der Waals surface area contributed by atoms with Gasteiger partial charge in [-0.2, -0.15) is 4.98 Å². The van der Waals surface area contributed by atoms with Gasteiger partial charge < -0.3 is 20.3 Å². The van der Waals surface area contributed by atoms with Crippen LogP contribution in [-0.4, -0.2) is 82.4 Å². The van der Waals surface area contributed by atoms with Crippen LogP contribution in [0.2, 0.25) is 0 Å². The molecule has 11 heteroatoms. The van der Waals surface area contributed by atoms with Crippen molar-refractivity contribution in [3.05, 3.63) is 52.6 Å². The third-order valence-corrected chi connectivity index (χ3v) is 7.26. The summed E-state index contributed by atoms with van der Waals surface area (Å²) >= 11 is 0. The van der Waals surface area contributed by atoms with E-state index in [1.165, 1.54) is 10.1 Å². The van der Waals surface area contributed by atoms with Crippen molar-refractivity contribution in [3.63, 3.8) is 0 Å².